The van der Waals surface area contributed by atoms with Crippen LogP contribution in [0.3, 0.4) is 0 Å². The van der Waals surface area contributed by atoms with Crippen LogP contribution >= 0.6 is 0 Å². The smallest absolute Gasteiger partial charge is 0.255 e. The van der Waals surface area contributed by atoms with Crippen molar-refractivity contribution in [2.75, 3.05) is 16.6 Å². The summed E-state index contributed by atoms with van der Waals surface area (Å²) in [6.07, 6.45) is 1.50. The minimum atomic E-state index is -3.38. The molecule has 0 saturated heterocycles. The molecule has 0 aliphatic rings. The van der Waals surface area contributed by atoms with E-state index < -0.39 is 15.3 Å². The molecule has 0 heterocycles. The van der Waals surface area contributed by atoms with Gasteiger partial charge in [0.25, 0.3) is 5.91 Å². The predicted octanol–water partition coefficient (Wildman–Crippen LogP) is 6.78. The molecule has 0 fully saturated rings. The van der Waals surface area contributed by atoms with Gasteiger partial charge in [-0.1, -0.05) is 36.4 Å². The van der Waals surface area contributed by atoms with Gasteiger partial charge in [0.05, 0.1) is 11.9 Å². The molecule has 0 saturated carbocycles. The Kier molecular flexibility index (Phi) is 9.11. The zero-order chi connectivity index (χ0) is 28.7. The summed E-state index contributed by atoms with van der Waals surface area (Å²) < 4.78 is 32.9. The molecule has 4 rings (SSSR count). The number of aryl methyl sites for hydroxylation is 2. The number of anilines is 2. The maximum Gasteiger partial charge on any atom is 0.255 e. The first kappa shape index (κ1) is 28.7. The molecule has 1 amide bonds. The van der Waals surface area contributed by atoms with Crippen molar-refractivity contribution >= 4 is 27.3 Å². The standard InChI is InChI=1S/C32H34N2O5S/c1-22(2)40(37,38)34-29-11-4-7-24(20-29)8-6-18-39-31-17-14-28(19-23(31)3)33-32(36)27-10-5-9-26(21-27)25-12-15-30(35)16-13-25/h4-5,7,9-17,19-22,34-35H,6,8,18H2,1-3H3,(H,33,36). The number of sulfonamides is 1. The van der Waals surface area contributed by atoms with Crippen molar-refractivity contribution in [1.82, 2.24) is 0 Å². The number of hydrogen-bond donors (Lipinski definition) is 3. The highest BCUT2D eigenvalue weighted by Crippen LogP contribution is 2.25. The highest BCUT2D eigenvalue weighted by Gasteiger charge is 2.15. The lowest BCUT2D eigenvalue weighted by molar-refractivity contribution is 0.102. The van der Waals surface area contributed by atoms with Gasteiger partial charge in [-0.25, -0.2) is 8.42 Å². The Morgan fingerprint density at radius 1 is 0.875 bits per heavy atom. The lowest BCUT2D eigenvalue weighted by atomic mass is 10.0. The predicted molar refractivity (Wildman–Crippen MR) is 161 cm³/mol. The summed E-state index contributed by atoms with van der Waals surface area (Å²) >= 11 is 0. The maximum absolute atomic E-state index is 12.9. The molecule has 0 aromatic heterocycles. The van der Waals surface area contributed by atoms with E-state index in [9.17, 15) is 18.3 Å². The van der Waals surface area contributed by atoms with Crippen LogP contribution in [0.15, 0.2) is 91.0 Å². The number of ether oxygens (including phenoxy) is 1. The summed E-state index contributed by atoms with van der Waals surface area (Å²) in [6.45, 7) is 5.72. The summed E-state index contributed by atoms with van der Waals surface area (Å²) in [5, 5.41) is 12.0. The molecular weight excluding hydrogens is 524 g/mol. The van der Waals surface area contributed by atoms with E-state index in [1.54, 1.807) is 38.1 Å². The maximum atomic E-state index is 12.9. The fourth-order valence-electron chi connectivity index (χ4n) is 4.12. The van der Waals surface area contributed by atoms with Crippen LogP contribution in [0.1, 0.15) is 41.8 Å². The Labute approximate surface area is 235 Å². The van der Waals surface area contributed by atoms with Gasteiger partial charge < -0.3 is 15.2 Å². The van der Waals surface area contributed by atoms with Gasteiger partial charge in [0.15, 0.2) is 0 Å². The van der Waals surface area contributed by atoms with Gasteiger partial charge in [-0.05, 0) is 110 Å². The first-order valence-corrected chi connectivity index (χ1v) is 14.7. The Morgan fingerprint density at radius 2 is 1.62 bits per heavy atom. The zero-order valence-electron chi connectivity index (χ0n) is 22.8. The largest absolute Gasteiger partial charge is 0.508 e. The fraction of sp³-hybridized carbons (Fsp3) is 0.219. The van der Waals surface area contributed by atoms with Gasteiger partial charge in [-0.2, -0.15) is 0 Å². The molecule has 208 valence electrons. The van der Waals surface area contributed by atoms with Crippen LogP contribution in [-0.2, 0) is 16.4 Å². The van der Waals surface area contributed by atoms with Gasteiger partial charge in [-0.3, -0.25) is 9.52 Å². The number of amides is 1. The number of phenolic OH excluding ortho intramolecular Hbond substituents is 1. The Hall–Kier alpha value is -4.30. The van der Waals surface area contributed by atoms with E-state index in [4.69, 9.17) is 4.74 Å². The number of rotatable bonds is 11. The number of carbonyl (C=O) groups excluding carboxylic acids is 1. The van der Waals surface area contributed by atoms with Crippen molar-refractivity contribution in [1.29, 1.82) is 0 Å². The van der Waals surface area contributed by atoms with Crippen LogP contribution in [0.5, 0.6) is 11.5 Å². The van der Waals surface area contributed by atoms with Crippen molar-refractivity contribution in [3.05, 3.63) is 108 Å². The van der Waals surface area contributed by atoms with Crippen molar-refractivity contribution in [3.8, 4) is 22.6 Å². The van der Waals surface area contributed by atoms with Gasteiger partial charge in [0.2, 0.25) is 10.0 Å². The third-order valence-electron chi connectivity index (χ3n) is 6.43. The zero-order valence-corrected chi connectivity index (χ0v) is 23.7. The number of benzene rings is 4. The Balaban J connectivity index is 1.30. The summed E-state index contributed by atoms with van der Waals surface area (Å²) in [7, 11) is -3.38. The van der Waals surface area contributed by atoms with Gasteiger partial charge in [0.1, 0.15) is 11.5 Å². The quantitative estimate of drug-likeness (QED) is 0.176. The van der Waals surface area contributed by atoms with E-state index in [2.05, 4.69) is 10.0 Å². The average Bonchev–Trinajstić information content (AvgIpc) is 2.92. The molecule has 0 aliphatic heterocycles. The lowest BCUT2D eigenvalue weighted by Crippen LogP contribution is -2.22. The van der Waals surface area contributed by atoms with Crippen molar-refractivity contribution in [2.45, 2.75) is 38.9 Å². The van der Waals surface area contributed by atoms with Crippen molar-refractivity contribution < 1.29 is 23.1 Å². The molecule has 0 aliphatic carbocycles. The molecule has 0 bridgehead atoms. The normalized spacial score (nSPS) is 11.3. The number of carbonyl (C=O) groups is 1. The summed E-state index contributed by atoms with van der Waals surface area (Å²) in [5.41, 5.74) is 5.49. The van der Waals surface area contributed by atoms with Crippen molar-refractivity contribution in [3.63, 3.8) is 0 Å². The molecule has 0 unspecified atom stereocenters. The van der Waals surface area contributed by atoms with E-state index in [1.807, 2.05) is 73.7 Å². The second-order valence-corrected chi connectivity index (χ2v) is 12.1. The minimum absolute atomic E-state index is 0.194. The lowest BCUT2D eigenvalue weighted by Gasteiger charge is -2.13. The van der Waals surface area contributed by atoms with E-state index >= 15 is 0 Å². The van der Waals surface area contributed by atoms with E-state index in [0.717, 1.165) is 40.8 Å². The van der Waals surface area contributed by atoms with Gasteiger partial charge in [-0.15, -0.1) is 0 Å². The van der Waals surface area contributed by atoms with Crippen molar-refractivity contribution in [2.24, 2.45) is 0 Å². The number of aromatic hydroxyl groups is 1. The molecule has 0 atom stereocenters. The summed E-state index contributed by atoms with van der Waals surface area (Å²) in [4.78, 5) is 12.9. The molecule has 40 heavy (non-hydrogen) atoms. The molecule has 4 aromatic rings. The molecule has 7 nitrogen and oxygen atoms in total. The third kappa shape index (κ3) is 7.64. The number of hydrogen-bond acceptors (Lipinski definition) is 5. The molecular formula is C32H34N2O5S. The first-order valence-electron chi connectivity index (χ1n) is 13.2. The Morgan fingerprint density at radius 3 is 2.35 bits per heavy atom. The molecule has 0 spiro atoms. The minimum Gasteiger partial charge on any atom is -0.508 e. The highest BCUT2D eigenvalue weighted by atomic mass is 32.2. The van der Waals surface area contributed by atoms with E-state index in [-0.39, 0.29) is 11.7 Å². The van der Waals surface area contributed by atoms with Crippen LogP contribution < -0.4 is 14.8 Å². The number of phenols is 1. The molecule has 3 N–H and O–H groups in total. The Bertz CT molecular complexity index is 1580. The van der Waals surface area contributed by atoms with Gasteiger partial charge >= 0.3 is 0 Å². The third-order valence-corrected chi connectivity index (χ3v) is 8.19. The SMILES string of the molecule is Cc1cc(NC(=O)c2cccc(-c3ccc(O)cc3)c2)ccc1OCCCc1cccc(NS(=O)(=O)C(C)C)c1. The van der Waals surface area contributed by atoms with Crippen LogP contribution in [0.4, 0.5) is 11.4 Å². The monoisotopic (exact) mass is 558 g/mol. The molecule has 8 heteroatoms. The highest BCUT2D eigenvalue weighted by molar-refractivity contribution is 7.93. The average molecular weight is 559 g/mol. The van der Waals surface area contributed by atoms with E-state index in [1.165, 1.54) is 0 Å². The second-order valence-electron chi connectivity index (χ2n) is 9.91. The summed E-state index contributed by atoms with van der Waals surface area (Å²) in [6, 6.07) is 27.1. The van der Waals surface area contributed by atoms with Gasteiger partial charge in [0, 0.05) is 16.9 Å². The summed E-state index contributed by atoms with van der Waals surface area (Å²) in [5.74, 6) is 0.720. The number of nitrogens with one attached hydrogen (secondary N) is 2. The van der Waals surface area contributed by atoms with Crippen LogP contribution in [0.25, 0.3) is 11.1 Å². The topological polar surface area (TPSA) is 105 Å². The van der Waals surface area contributed by atoms with Crippen LogP contribution in [0.2, 0.25) is 0 Å². The van der Waals surface area contributed by atoms with E-state index in [0.29, 0.717) is 23.5 Å². The molecule has 0 radical (unpaired) electrons. The second kappa shape index (κ2) is 12.7. The molecule has 4 aromatic carbocycles. The van der Waals surface area contributed by atoms with Crippen LogP contribution in [0, 0.1) is 6.92 Å². The van der Waals surface area contributed by atoms with Crippen LogP contribution in [-0.4, -0.2) is 31.3 Å². The first-order chi connectivity index (χ1) is 19.1. The fourth-order valence-corrected chi connectivity index (χ4v) is 4.81.